The molecule has 2 rings (SSSR count). The molecule has 108 valence electrons. The summed E-state index contributed by atoms with van der Waals surface area (Å²) < 4.78 is 0. The zero-order chi connectivity index (χ0) is 15.4. The molecule has 0 aliphatic heterocycles. The summed E-state index contributed by atoms with van der Waals surface area (Å²) >= 11 is 0. The molecule has 2 heterocycles. The van der Waals surface area contributed by atoms with Gasteiger partial charge in [0.05, 0.1) is 11.3 Å². The Balaban J connectivity index is 2.16. The molecular weight excluding hydrogens is 270 g/mol. The first kappa shape index (κ1) is 14.6. The van der Waals surface area contributed by atoms with Crippen molar-refractivity contribution in [2.24, 2.45) is 0 Å². The Morgan fingerprint density at radius 1 is 1.19 bits per heavy atom. The number of hydrogen-bond donors (Lipinski definition) is 1. The quantitative estimate of drug-likeness (QED) is 0.925. The summed E-state index contributed by atoms with van der Waals surface area (Å²) in [5.74, 6) is -1.31. The van der Waals surface area contributed by atoms with E-state index < -0.39 is 5.97 Å². The molecule has 6 nitrogen and oxygen atoms in total. The summed E-state index contributed by atoms with van der Waals surface area (Å²) in [6.07, 6.45) is 3.33. The number of rotatable bonds is 4. The summed E-state index contributed by atoms with van der Waals surface area (Å²) in [5, 5.41) is 8.96. The van der Waals surface area contributed by atoms with Crippen LogP contribution in [-0.4, -0.2) is 38.9 Å². The summed E-state index contributed by atoms with van der Waals surface area (Å²) in [5.41, 5.74) is 1.61. The third kappa shape index (κ3) is 3.42. The first-order valence-electron chi connectivity index (χ1n) is 6.34. The van der Waals surface area contributed by atoms with Crippen LogP contribution < -0.4 is 0 Å². The van der Waals surface area contributed by atoms with E-state index in [1.807, 2.05) is 12.1 Å². The maximum Gasteiger partial charge on any atom is 0.337 e. The number of pyridine rings is 2. The smallest absolute Gasteiger partial charge is 0.337 e. The lowest BCUT2D eigenvalue weighted by atomic mass is 10.1. The van der Waals surface area contributed by atoms with Crippen LogP contribution in [-0.2, 0) is 6.54 Å². The van der Waals surface area contributed by atoms with Crippen molar-refractivity contribution in [3.05, 3.63) is 59.2 Å². The van der Waals surface area contributed by atoms with Crippen LogP contribution in [0.25, 0.3) is 0 Å². The third-order valence-electron chi connectivity index (χ3n) is 3.05. The minimum Gasteiger partial charge on any atom is -0.478 e. The highest BCUT2D eigenvalue weighted by Crippen LogP contribution is 2.10. The Morgan fingerprint density at radius 3 is 2.43 bits per heavy atom. The average molecular weight is 285 g/mol. The summed E-state index contributed by atoms with van der Waals surface area (Å²) in [7, 11) is 1.67. The van der Waals surface area contributed by atoms with Gasteiger partial charge in [-0.3, -0.25) is 9.78 Å². The molecule has 1 N–H and O–H groups in total. The van der Waals surface area contributed by atoms with Crippen molar-refractivity contribution >= 4 is 11.9 Å². The van der Waals surface area contributed by atoms with Crippen LogP contribution in [0, 0.1) is 6.92 Å². The second kappa shape index (κ2) is 6.13. The molecule has 0 unspecified atom stereocenters. The predicted octanol–water partition coefficient (Wildman–Crippen LogP) is 1.76. The van der Waals surface area contributed by atoms with E-state index in [1.165, 1.54) is 17.0 Å². The number of aryl methyl sites for hydroxylation is 1. The van der Waals surface area contributed by atoms with Gasteiger partial charge in [-0.2, -0.15) is 0 Å². The van der Waals surface area contributed by atoms with Gasteiger partial charge in [0.1, 0.15) is 5.69 Å². The minimum absolute atomic E-state index is 0.100. The van der Waals surface area contributed by atoms with E-state index in [4.69, 9.17) is 5.11 Å². The van der Waals surface area contributed by atoms with Crippen molar-refractivity contribution in [1.29, 1.82) is 0 Å². The fourth-order valence-corrected chi connectivity index (χ4v) is 1.94. The van der Waals surface area contributed by atoms with Gasteiger partial charge in [-0.15, -0.1) is 0 Å². The topological polar surface area (TPSA) is 83.4 Å². The van der Waals surface area contributed by atoms with Gasteiger partial charge < -0.3 is 10.0 Å². The molecular formula is C15H15N3O3. The number of carbonyl (C=O) groups excluding carboxylic acids is 1. The lowest BCUT2D eigenvalue weighted by Gasteiger charge is -2.17. The zero-order valence-corrected chi connectivity index (χ0v) is 11.8. The summed E-state index contributed by atoms with van der Waals surface area (Å²) in [6.45, 7) is 2.01. The number of aromatic carboxylic acids is 1. The number of amides is 1. The van der Waals surface area contributed by atoms with E-state index in [1.54, 1.807) is 26.4 Å². The molecule has 21 heavy (non-hydrogen) atoms. The van der Waals surface area contributed by atoms with Crippen LogP contribution >= 0.6 is 0 Å². The van der Waals surface area contributed by atoms with Crippen molar-refractivity contribution in [1.82, 2.24) is 14.9 Å². The van der Waals surface area contributed by atoms with E-state index in [9.17, 15) is 9.59 Å². The van der Waals surface area contributed by atoms with Crippen LogP contribution in [0.5, 0.6) is 0 Å². The van der Waals surface area contributed by atoms with Crippen LogP contribution in [0.1, 0.15) is 32.1 Å². The average Bonchev–Trinajstić information content (AvgIpc) is 2.47. The third-order valence-corrected chi connectivity index (χ3v) is 3.05. The Kier molecular flexibility index (Phi) is 4.27. The van der Waals surface area contributed by atoms with E-state index >= 15 is 0 Å². The molecule has 1 amide bonds. The van der Waals surface area contributed by atoms with Crippen molar-refractivity contribution in [2.45, 2.75) is 13.5 Å². The molecule has 6 heteroatoms. The first-order chi connectivity index (χ1) is 9.99. The van der Waals surface area contributed by atoms with Crippen molar-refractivity contribution < 1.29 is 14.7 Å². The highest BCUT2D eigenvalue weighted by molar-refractivity contribution is 5.94. The molecule has 0 aromatic carbocycles. The minimum atomic E-state index is -1.05. The fraction of sp³-hybridized carbons (Fsp3) is 0.200. The fourth-order valence-electron chi connectivity index (χ4n) is 1.94. The van der Waals surface area contributed by atoms with Crippen molar-refractivity contribution in [3.63, 3.8) is 0 Å². The molecule has 2 aromatic rings. The Labute approximate surface area is 122 Å². The monoisotopic (exact) mass is 285 g/mol. The van der Waals surface area contributed by atoms with Gasteiger partial charge in [-0.05, 0) is 36.8 Å². The summed E-state index contributed by atoms with van der Waals surface area (Å²) in [4.78, 5) is 32.7. The number of carboxylic acid groups (broad SMARTS) is 1. The van der Waals surface area contributed by atoms with Crippen molar-refractivity contribution in [2.75, 3.05) is 7.05 Å². The lowest BCUT2D eigenvalue weighted by Crippen LogP contribution is -2.27. The first-order valence-corrected chi connectivity index (χ1v) is 6.34. The van der Waals surface area contributed by atoms with Crippen LogP contribution in [0.3, 0.4) is 0 Å². The Bertz CT molecular complexity index is 671. The van der Waals surface area contributed by atoms with Gasteiger partial charge in [-0.25, -0.2) is 9.78 Å². The van der Waals surface area contributed by atoms with Crippen LogP contribution in [0.4, 0.5) is 0 Å². The molecule has 0 atom stereocenters. The normalized spacial score (nSPS) is 10.2. The second-order valence-corrected chi connectivity index (χ2v) is 4.65. The number of carboxylic acids is 1. The molecule has 0 saturated carbocycles. The van der Waals surface area contributed by atoms with E-state index in [-0.39, 0.29) is 17.2 Å². The molecule has 0 fully saturated rings. The Morgan fingerprint density at radius 2 is 1.86 bits per heavy atom. The highest BCUT2D eigenvalue weighted by atomic mass is 16.4. The SMILES string of the molecule is Cc1nc(C(=O)N(C)Cc2ccncc2)ccc1C(=O)O. The number of hydrogen-bond acceptors (Lipinski definition) is 4. The highest BCUT2D eigenvalue weighted by Gasteiger charge is 2.16. The molecule has 0 spiro atoms. The zero-order valence-electron chi connectivity index (χ0n) is 11.8. The van der Waals surface area contributed by atoms with E-state index in [0.29, 0.717) is 12.2 Å². The van der Waals surface area contributed by atoms with Gasteiger partial charge >= 0.3 is 5.97 Å². The molecule has 0 aliphatic carbocycles. The maximum absolute atomic E-state index is 12.3. The summed E-state index contributed by atoms with van der Waals surface area (Å²) in [6, 6.07) is 6.49. The molecule has 0 bridgehead atoms. The van der Waals surface area contributed by atoms with E-state index in [0.717, 1.165) is 5.56 Å². The molecule has 0 aliphatic rings. The van der Waals surface area contributed by atoms with E-state index in [2.05, 4.69) is 9.97 Å². The largest absolute Gasteiger partial charge is 0.478 e. The van der Waals surface area contributed by atoms with Crippen LogP contribution in [0.15, 0.2) is 36.7 Å². The second-order valence-electron chi connectivity index (χ2n) is 4.65. The lowest BCUT2D eigenvalue weighted by molar-refractivity contribution is 0.0693. The van der Waals surface area contributed by atoms with Gasteiger partial charge in [0.2, 0.25) is 0 Å². The molecule has 2 aromatic heterocycles. The Hall–Kier alpha value is -2.76. The van der Waals surface area contributed by atoms with Gasteiger partial charge in [-0.1, -0.05) is 0 Å². The molecule has 0 radical (unpaired) electrons. The standard InChI is InChI=1S/C15H15N3O3/c1-10-12(15(20)21)3-4-13(17-10)14(19)18(2)9-11-5-7-16-8-6-11/h3-8H,9H2,1-2H3,(H,20,21). The van der Waals surface area contributed by atoms with Crippen molar-refractivity contribution in [3.8, 4) is 0 Å². The van der Waals surface area contributed by atoms with Gasteiger partial charge in [0.15, 0.2) is 0 Å². The predicted molar refractivity (Wildman–Crippen MR) is 76.0 cm³/mol. The van der Waals surface area contributed by atoms with Crippen LogP contribution in [0.2, 0.25) is 0 Å². The van der Waals surface area contributed by atoms with Gasteiger partial charge in [0.25, 0.3) is 5.91 Å². The van der Waals surface area contributed by atoms with Gasteiger partial charge in [0, 0.05) is 26.0 Å². The maximum atomic E-state index is 12.3. The number of carbonyl (C=O) groups is 2. The number of aromatic nitrogens is 2. The number of nitrogens with zero attached hydrogens (tertiary/aromatic N) is 3. The molecule has 0 saturated heterocycles.